The summed E-state index contributed by atoms with van der Waals surface area (Å²) < 4.78 is 0.854. The minimum absolute atomic E-state index is 0.216. The third kappa shape index (κ3) is 4.34. The Bertz CT molecular complexity index is 441. The lowest BCUT2D eigenvalue weighted by atomic mass is 9.92. The Hall–Kier alpha value is -0.820. The van der Waals surface area contributed by atoms with Gasteiger partial charge in [0.1, 0.15) is 0 Å². The molecule has 20 heavy (non-hydrogen) atoms. The molecule has 2 atom stereocenters. The van der Waals surface area contributed by atoms with Crippen LogP contribution in [-0.4, -0.2) is 46.4 Å². The molecule has 112 valence electrons. The molecule has 1 aliphatic heterocycles. The van der Waals surface area contributed by atoms with Crippen LogP contribution in [0.2, 0.25) is 0 Å². The molecule has 1 aromatic heterocycles. The van der Waals surface area contributed by atoms with Crippen LogP contribution in [0.5, 0.6) is 0 Å². The summed E-state index contributed by atoms with van der Waals surface area (Å²) in [5, 5.41) is 12.1. The maximum atomic E-state index is 12.2. The molecule has 1 aromatic rings. The third-order valence-corrected chi connectivity index (χ3v) is 5.27. The van der Waals surface area contributed by atoms with Crippen molar-refractivity contribution in [2.45, 2.75) is 31.5 Å². The molecule has 2 rings (SSSR count). The normalized spacial score (nSPS) is 22.9. The highest BCUT2D eigenvalue weighted by Crippen LogP contribution is 2.27. The molecule has 0 aromatic carbocycles. The fraction of sp³-hybridized carbons (Fsp3) is 0.769. The molecule has 5 nitrogen and oxygen atoms in total. The molecule has 0 spiro atoms. The predicted molar refractivity (Wildman–Crippen MR) is 84.3 cm³/mol. The van der Waals surface area contributed by atoms with E-state index in [0.29, 0.717) is 17.6 Å². The first-order chi connectivity index (χ1) is 9.58. The molecule has 2 heterocycles. The molecule has 0 unspecified atom stereocenters. The van der Waals surface area contributed by atoms with Gasteiger partial charge < -0.3 is 10.2 Å². The maximum Gasteiger partial charge on any atom is 0.233 e. The van der Waals surface area contributed by atoms with Gasteiger partial charge in [0.15, 0.2) is 4.34 Å². The Labute approximate surface area is 128 Å². The van der Waals surface area contributed by atoms with E-state index in [0.717, 1.165) is 29.1 Å². The van der Waals surface area contributed by atoms with E-state index in [1.54, 1.807) is 0 Å². The predicted octanol–water partition coefficient (Wildman–Crippen LogP) is 2.57. The van der Waals surface area contributed by atoms with Crippen molar-refractivity contribution in [3.05, 3.63) is 0 Å². The van der Waals surface area contributed by atoms with Crippen molar-refractivity contribution < 1.29 is 4.79 Å². The average Bonchev–Trinajstić information content (AvgIpc) is 2.83. The molecule has 1 saturated heterocycles. The smallest absolute Gasteiger partial charge is 0.233 e. The van der Waals surface area contributed by atoms with Gasteiger partial charge in [0.2, 0.25) is 11.0 Å². The van der Waals surface area contributed by atoms with Gasteiger partial charge in [-0.05, 0) is 25.2 Å². The number of aromatic nitrogens is 2. The van der Waals surface area contributed by atoms with Gasteiger partial charge >= 0.3 is 0 Å². The quantitative estimate of drug-likeness (QED) is 0.847. The van der Waals surface area contributed by atoms with Crippen molar-refractivity contribution in [3.8, 4) is 0 Å². The van der Waals surface area contributed by atoms with E-state index in [4.69, 9.17) is 0 Å². The van der Waals surface area contributed by atoms with Crippen LogP contribution in [0.25, 0.3) is 0 Å². The maximum absolute atomic E-state index is 12.2. The van der Waals surface area contributed by atoms with Gasteiger partial charge in [-0.25, -0.2) is 0 Å². The zero-order valence-electron chi connectivity index (χ0n) is 12.3. The topological polar surface area (TPSA) is 58.1 Å². The number of hydrogen-bond acceptors (Lipinski definition) is 6. The number of rotatable bonds is 5. The van der Waals surface area contributed by atoms with Crippen LogP contribution in [0.4, 0.5) is 5.13 Å². The SMILES string of the molecule is CCNc1nnc(SCC(=O)N2C[C@H](C)C[C@@H](C)C2)s1. The molecule has 1 amide bonds. The van der Waals surface area contributed by atoms with Crippen LogP contribution in [0.1, 0.15) is 27.2 Å². The Kier molecular flexibility index (Phi) is 5.65. The molecule has 1 fully saturated rings. The number of carbonyl (C=O) groups excluding carboxylic acids is 1. The van der Waals surface area contributed by atoms with E-state index in [1.165, 1.54) is 29.5 Å². The molecule has 0 aliphatic carbocycles. The Morgan fingerprint density at radius 2 is 2.10 bits per heavy atom. The van der Waals surface area contributed by atoms with Crippen molar-refractivity contribution in [2.75, 3.05) is 30.7 Å². The van der Waals surface area contributed by atoms with Gasteiger partial charge in [0.05, 0.1) is 5.75 Å². The number of anilines is 1. The standard InChI is InChI=1S/C13H22N4OS2/c1-4-14-12-15-16-13(20-12)19-8-11(18)17-6-9(2)5-10(3)7-17/h9-10H,4-8H2,1-3H3,(H,14,15)/t9-,10-/m1/s1. The van der Waals surface area contributed by atoms with Gasteiger partial charge in [-0.2, -0.15) is 0 Å². The number of hydrogen-bond donors (Lipinski definition) is 1. The molecule has 7 heteroatoms. The van der Waals surface area contributed by atoms with Crippen LogP contribution in [0.15, 0.2) is 4.34 Å². The number of nitrogens with one attached hydrogen (secondary N) is 1. The van der Waals surface area contributed by atoms with Crippen LogP contribution in [0.3, 0.4) is 0 Å². The van der Waals surface area contributed by atoms with Crippen LogP contribution >= 0.6 is 23.1 Å². The summed E-state index contributed by atoms with van der Waals surface area (Å²) in [5.41, 5.74) is 0. The zero-order valence-corrected chi connectivity index (χ0v) is 13.9. The fourth-order valence-electron chi connectivity index (χ4n) is 2.57. The van der Waals surface area contributed by atoms with Crippen molar-refractivity contribution in [1.82, 2.24) is 15.1 Å². The number of thioether (sulfide) groups is 1. The molecule has 0 bridgehead atoms. The van der Waals surface area contributed by atoms with Crippen molar-refractivity contribution in [3.63, 3.8) is 0 Å². The van der Waals surface area contributed by atoms with E-state index in [2.05, 4.69) is 29.4 Å². The largest absolute Gasteiger partial charge is 0.360 e. The number of piperidine rings is 1. The summed E-state index contributed by atoms with van der Waals surface area (Å²) in [6.07, 6.45) is 1.22. The van der Waals surface area contributed by atoms with Crippen molar-refractivity contribution >= 4 is 34.1 Å². The van der Waals surface area contributed by atoms with E-state index in [1.807, 2.05) is 11.8 Å². The first-order valence-corrected chi connectivity index (χ1v) is 8.86. The Morgan fingerprint density at radius 3 is 2.75 bits per heavy atom. The van der Waals surface area contributed by atoms with Crippen LogP contribution < -0.4 is 5.32 Å². The Morgan fingerprint density at radius 1 is 1.40 bits per heavy atom. The van der Waals surface area contributed by atoms with Gasteiger partial charge in [-0.1, -0.05) is 36.9 Å². The van der Waals surface area contributed by atoms with Gasteiger partial charge in [-0.15, -0.1) is 10.2 Å². The second-order valence-electron chi connectivity index (χ2n) is 5.44. The molecular weight excluding hydrogens is 292 g/mol. The number of carbonyl (C=O) groups is 1. The molecule has 1 N–H and O–H groups in total. The van der Waals surface area contributed by atoms with Gasteiger partial charge in [0, 0.05) is 19.6 Å². The second kappa shape index (κ2) is 7.26. The van der Waals surface area contributed by atoms with E-state index < -0.39 is 0 Å². The van der Waals surface area contributed by atoms with E-state index >= 15 is 0 Å². The number of nitrogens with zero attached hydrogens (tertiary/aromatic N) is 3. The molecule has 0 saturated carbocycles. The van der Waals surface area contributed by atoms with Crippen LogP contribution in [0, 0.1) is 11.8 Å². The lowest BCUT2D eigenvalue weighted by Crippen LogP contribution is -2.43. The van der Waals surface area contributed by atoms with Crippen molar-refractivity contribution in [2.24, 2.45) is 11.8 Å². The summed E-state index contributed by atoms with van der Waals surface area (Å²) >= 11 is 2.99. The Balaban J connectivity index is 1.81. The summed E-state index contributed by atoms with van der Waals surface area (Å²) in [5.74, 6) is 1.89. The highest BCUT2D eigenvalue weighted by atomic mass is 32.2. The summed E-state index contributed by atoms with van der Waals surface area (Å²) in [6.45, 7) is 9.08. The highest BCUT2D eigenvalue weighted by molar-refractivity contribution is 8.01. The lowest BCUT2D eigenvalue weighted by Gasteiger charge is -2.34. The van der Waals surface area contributed by atoms with Gasteiger partial charge in [0.25, 0.3) is 0 Å². The second-order valence-corrected chi connectivity index (χ2v) is 7.64. The highest BCUT2D eigenvalue weighted by Gasteiger charge is 2.25. The minimum atomic E-state index is 0.216. The first kappa shape index (κ1) is 15.6. The van der Waals surface area contributed by atoms with Crippen LogP contribution in [-0.2, 0) is 4.79 Å². The minimum Gasteiger partial charge on any atom is -0.360 e. The third-order valence-electron chi connectivity index (χ3n) is 3.28. The summed E-state index contributed by atoms with van der Waals surface area (Å²) in [6, 6.07) is 0. The van der Waals surface area contributed by atoms with E-state index in [-0.39, 0.29) is 5.91 Å². The summed E-state index contributed by atoms with van der Waals surface area (Å²) in [7, 11) is 0. The lowest BCUT2D eigenvalue weighted by molar-refractivity contribution is -0.130. The number of likely N-dealkylation sites (tertiary alicyclic amines) is 1. The summed E-state index contributed by atoms with van der Waals surface area (Å²) in [4.78, 5) is 14.2. The monoisotopic (exact) mass is 314 g/mol. The molecular formula is C13H22N4OS2. The van der Waals surface area contributed by atoms with E-state index in [9.17, 15) is 4.79 Å². The molecule has 0 radical (unpaired) electrons. The first-order valence-electron chi connectivity index (χ1n) is 7.06. The van der Waals surface area contributed by atoms with Crippen molar-refractivity contribution in [1.29, 1.82) is 0 Å². The average molecular weight is 314 g/mol. The fourth-order valence-corrected chi connectivity index (χ4v) is 4.29. The molecule has 1 aliphatic rings. The zero-order chi connectivity index (χ0) is 14.5. The number of amides is 1. The van der Waals surface area contributed by atoms with Gasteiger partial charge in [-0.3, -0.25) is 4.79 Å².